The van der Waals surface area contributed by atoms with E-state index < -0.39 is 11.7 Å². The number of esters is 1. The van der Waals surface area contributed by atoms with E-state index in [1.807, 2.05) is 32.9 Å². The second-order valence-electron chi connectivity index (χ2n) is 5.72. The van der Waals surface area contributed by atoms with Crippen molar-refractivity contribution < 1.29 is 19.1 Å². The lowest BCUT2D eigenvalue weighted by atomic mass is 10.2. The number of benzene rings is 1. The van der Waals surface area contributed by atoms with Gasteiger partial charge in [-0.1, -0.05) is 12.1 Å². The monoisotopic (exact) mass is 305 g/mol. The van der Waals surface area contributed by atoms with Gasteiger partial charge >= 0.3 is 12.1 Å². The summed E-state index contributed by atoms with van der Waals surface area (Å²) >= 11 is 0. The van der Waals surface area contributed by atoms with Crippen LogP contribution in [0.4, 0.5) is 10.5 Å². The predicted molar refractivity (Wildman–Crippen MR) is 86.7 cm³/mol. The van der Waals surface area contributed by atoms with Gasteiger partial charge in [0.2, 0.25) is 0 Å². The number of ether oxygens (including phenoxy) is 2. The molecule has 0 heterocycles. The van der Waals surface area contributed by atoms with E-state index in [1.165, 1.54) is 11.0 Å². The van der Waals surface area contributed by atoms with Crippen LogP contribution in [0.3, 0.4) is 0 Å². The van der Waals surface area contributed by atoms with Crippen LogP contribution in [-0.4, -0.2) is 31.3 Å². The molecule has 0 aliphatic heterocycles. The number of nitrogens with zero attached hydrogens (tertiary/aromatic N) is 1. The van der Waals surface area contributed by atoms with Crippen LogP contribution in [0.1, 0.15) is 33.3 Å². The summed E-state index contributed by atoms with van der Waals surface area (Å²) in [5.41, 5.74) is 1.02. The second kappa shape index (κ2) is 7.64. The first kappa shape index (κ1) is 17.8. The normalized spacial score (nSPS) is 11.3. The van der Waals surface area contributed by atoms with E-state index in [1.54, 1.807) is 32.2 Å². The molecule has 0 atom stereocenters. The lowest BCUT2D eigenvalue weighted by Crippen LogP contribution is -2.34. The minimum absolute atomic E-state index is 0.350. The molecule has 0 fully saturated rings. The van der Waals surface area contributed by atoms with Crippen molar-refractivity contribution in [3.05, 3.63) is 35.9 Å². The zero-order chi connectivity index (χ0) is 16.8. The lowest BCUT2D eigenvalue weighted by Gasteiger charge is -2.24. The molecule has 0 radical (unpaired) electrons. The Morgan fingerprint density at radius 2 is 1.77 bits per heavy atom. The van der Waals surface area contributed by atoms with E-state index in [0.29, 0.717) is 12.3 Å². The highest BCUT2D eigenvalue weighted by Crippen LogP contribution is 2.18. The fourth-order valence-corrected chi connectivity index (χ4v) is 1.60. The van der Waals surface area contributed by atoms with Gasteiger partial charge in [0.05, 0.1) is 6.61 Å². The molecule has 0 aliphatic carbocycles. The minimum Gasteiger partial charge on any atom is -0.463 e. The quantitative estimate of drug-likeness (QED) is 0.629. The number of anilines is 1. The molecular formula is C17H23NO4. The van der Waals surface area contributed by atoms with Crippen molar-refractivity contribution >= 4 is 23.8 Å². The number of amides is 1. The summed E-state index contributed by atoms with van der Waals surface area (Å²) in [4.78, 5) is 24.6. The highest BCUT2D eigenvalue weighted by molar-refractivity contribution is 5.88. The molecule has 5 heteroatoms. The van der Waals surface area contributed by atoms with Crippen LogP contribution >= 0.6 is 0 Å². The van der Waals surface area contributed by atoms with Gasteiger partial charge in [0.25, 0.3) is 0 Å². The maximum atomic E-state index is 12.0. The van der Waals surface area contributed by atoms with E-state index in [4.69, 9.17) is 9.47 Å². The standard InChI is InChI=1S/C17H23NO4/c1-6-21-15(19)12-9-13-7-10-14(11-8-13)18(5)16(20)22-17(2,3)4/h7-12H,6H2,1-5H3/b12-9+. The molecule has 0 unspecified atom stereocenters. The van der Waals surface area contributed by atoms with Crippen molar-refractivity contribution in [3.63, 3.8) is 0 Å². The summed E-state index contributed by atoms with van der Waals surface area (Å²) in [6.07, 6.45) is 2.62. The van der Waals surface area contributed by atoms with Crippen molar-refractivity contribution in [2.75, 3.05) is 18.6 Å². The maximum absolute atomic E-state index is 12.0. The Morgan fingerprint density at radius 1 is 1.18 bits per heavy atom. The molecular weight excluding hydrogens is 282 g/mol. The Balaban J connectivity index is 2.72. The molecule has 22 heavy (non-hydrogen) atoms. The molecule has 0 saturated heterocycles. The van der Waals surface area contributed by atoms with Gasteiger partial charge < -0.3 is 9.47 Å². The van der Waals surface area contributed by atoms with Crippen molar-refractivity contribution in [1.29, 1.82) is 0 Å². The molecule has 0 saturated carbocycles. The first-order valence-electron chi connectivity index (χ1n) is 7.14. The first-order valence-corrected chi connectivity index (χ1v) is 7.14. The van der Waals surface area contributed by atoms with E-state index in [9.17, 15) is 9.59 Å². The van der Waals surface area contributed by atoms with Crippen LogP contribution in [0.2, 0.25) is 0 Å². The van der Waals surface area contributed by atoms with Crippen molar-refractivity contribution in [2.24, 2.45) is 0 Å². The lowest BCUT2D eigenvalue weighted by molar-refractivity contribution is -0.137. The fourth-order valence-electron chi connectivity index (χ4n) is 1.60. The topological polar surface area (TPSA) is 55.8 Å². The SMILES string of the molecule is CCOC(=O)/C=C/c1ccc(N(C)C(=O)OC(C)(C)C)cc1. The van der Waals surface area contributed by atoms with Gasteiger partial charge in [0.1, 0.15) is 5.60 Å². The molecule has 0 bridgehead atoms. The molecule has 0 spiro atoms. The third-order valence-electron chi connectivity index (χ3n) is 2.65. The van der Waals surface area contributed by atoms with Crippen LogP contribution in [0.5, 0.6) is 0 Å². The van der Waals surface area contributed by atoms with Gasteiger partial charge in [-0.15, -0.1) is 0 Å². The maximum Gasteiger partial charge on any atom is 0.414 e. The van der Waals surface area contributed by atoms with E-state index in [0.717, 1.165) is 5.56 Å². The number of carbonyl (C=O) groups is 2. The average molecular weight is 305 g/mol. The van der Waals surface area contributed by atoms with Crippen LogP contribution in [0.25, 0.3) is 6.08 Å². The molecule has 0 aromatic heterocycles. The number of rotatable bonds is 4. The van der Waals surface area contributed by atoms with Crippen LogP contribution in [0, 0.1) is 0 Å². The zero-order valence-electron chi connectivity index (χ0n) is 13.8. The largest absolute Gasteiger partial charge is 0.463 e. The first-order chi connectivity index (χ1) is 10.2. The van der Waals surface area contributed by atoms with Gasteiger partial charge in [-0.25, -0.2) is 9.59 Å². The van der Waals surface area contributed by atoms with E-state index in [-0.39, 0.29) is 5.97 Å². The van der Waals surface area contributed by atoms with Crippen molar-refractivity contribution in [3.8, 4) is 0 Å². The van der Waals surface area contributed by atoms with Gasteiger partial charge in [0, 0.05) is 18.8 Å². The Bertz CT molecular complexity index is 541. The summed E-state index contributed by atoms with van der Waals surface area (Å²) in [5, 5.41) is 0. The number of hydrogen-bond acceptors (Lipinski definition) is 4. The van der Waals surface area contributed by atoms with Gasteiger partial charge in [-0.05, 0) is 51.5 Å². The summed E-state index contributed by atoms with van der Waals surface area (Å²) in [7, 11) is 1.65. The van der Waals surface area contributed by atoms with Crippen LogP contribution in [0.15, 0.2) is 30.3 Å². The van der Waals surface area contributed by atoms with Crippen LogP contribution in [-0.2, 0) is 14.3 Å². The Hall–Kier alpha value is -2.30. The molecule has 0 aliphatic rings. The van der Waals surface area contributed by atoms with E-state index in [2.05, 4.69) is 0 Å². The van der Waals surface area contributed by atoms with Crippen molar-refractivity contribution in [1.82, 2.24) is 0 Å². The third kappa shape index (κ3) is 5.99. The number of carbonyl (C=O) groups excluding carboxylic acids is 2. The Labute approximate surface area is 131 Å². The third-order valence-corrected chi connectivity index (χ3v) is 2.65. The summed E-state index contributed by atoms with van der Waals surface area (Å²) < 4.78 is 10.1. The number of hydrogen-bond donors (Lipinski definition) is 0. The molecule has 1 aromatic carbocycles. The van der Waals surface area contributed by atoms with Crippen LogP contribution < -0.4 is 4.90 Å². The second-order valence-corrected chi connectivity index (χ2v) is 5.72. The minimum atomic E-state index is -0.534. The van der Waals surface area contributed by atoms with Gasteiger partial charge in [0.15, 0.2) is 0 Å². The molecule has 0 N–H and O–H groups in total. The fraction of sp³-hybridized carbons (Fsp3) is 0.412. The summed E-state index contributed by atoms with van der Waals surface area (Å²) in [6, 6.07) is 7.20. The predicted octanol–water partition coefficient (Wildman–Crippen LogP) is 3.63. The van der Waals surface area contributed by atoms with Gasteiger partial charge in [-0.2, -0.15) is 0 Å². The van der Waals surface area contributed by atoms with Gasteiger partial charge in [-0.3, -0.25) is 4.90 Å². The van der Waals surface area contributed by atoms with Crippen molar-refractivity contribution in [2.45, 2.75) is 33.3 Å². The highest BCUT2D eigenvalue weighted by atomic mass is 16.6. The molecule has 120 valence electrons. The zero-order valence-corrected chi connectivity index (χ0v) is 13.8. The summed E-state index contributed by atoms with van der Waals surface area (Å²) in [6.45, 7) is 7.57. The Kier molecular flexibility index (Phi) is 6.16. The molecule has 1 rings (SSSR count). The van der Waals surface area contributed by atoms with E-state index >= 15 is 0 Å². The summed E-state index contributed by atoms with van der Waals surface area (Å²) in [5.74, 6) is -0.377. The highest BCUT2D eigenvalue weighted by Gasteiger charge is 2.20. The average Bonchev–Trinajstić information content (AvgIpc) is 2.43. The molecule has 1 aromatic rings. The smallest absolute Gasteiger partial charge is 0.414 e. The molecule has 1 amide bonds. The molecule has 5 nitrogen and oxygen atoms in total. The Morgan fingerprint density at radius 3 is 2.27 bits per heavy atom.